The number of likely N-dealkylation sites (tertiary alicyclic amines) is 1. The molecule has 0 bridgehead atoms. The van der Waals surface area contributed by atoms with E-state index in [-0.39, 0.29) is 13.1 Å². The zero-order valence-electron chi connectivity index (χ0n) is 12.7. The van der Waals surface area contributed by atoms with Crippen LogP contribution < -0.4 is 10.1 Å². The normalized spacial score (nSPS) is 20.0. The highest BCUT2D eigenvalue weighted by Crippen LogP contribution is 2.33. The molecule has 1 fully saturated rings. The van der Waals surface area contributed by atoms with Crippen molar-refractivity contribution < 1.29 is 19.7 Å². The lowest BCUT2D eigenvalue weighted by Gasteiger charge is -2.18. The highest BCUT2D eigenvalue weighted by atomic mass is 35.5. The number of aliphatic hydroxyl groups excluding tert-OH is 2. The molecule has 2 amide bonds. The van der Waals surface area contributed by atoms with Gasteiger partial charge in [-0.1, -0.05) is 35.9 Å². The second kappa shape index (κ2) is 7.09. The van der Waals surface area contributed by atoms with E-state index in [0.29, 0.717) is 22.2 Å². The fourth-order valence-electron chi connectivity index (χ4n) is 2.43. The fraction of sp³-hybridized carbons (Fsp3) is 0.235. The van der Waals surface area contributed by atoms with Gasteiger partial charge in [0.2, 0.25) is 0 Å². The Hall–Kier alpha value is -2.28. The first-order chi connectivity index (χ1) is 11.5. The molecule has 1 aliphatic heterocycles. The number of anilines is 1. The summed E-state index contributed by atoms with van der Waals surface area (Å²) in [4.78, 5) is 13.6. The number of nitrogens with one attached hydrogen (secondary N) is 1. The molecule has 0 radical (unpaired) electrons. The number of para-hydroxylation sites is 3. The van der Waals surface area contributed by atoms with Crippen molar-refractivity contribution in [3.05, 3.63) is 53.6 Å². The third kappa shape index (κ3) is 3.62. The Balaban J connectivity index is 1.75. The molecule has 1 heterocycles. The van der Waals surface area contributed by atoms with Crippen LogP contribution in [-0.2, 0) is 0 Å². The molecule has 126 valence electrons. The quantitative estimate of drug-likeness (QED) is 0.796. The van der Waals surface area contributed by atoms with Crippen LogP contribution in [0.15, 0.2) is 48.5 Å². The minimum absolute atomic E-state index is 0.0839. The number of hydrogen-bond acceptors (Lipinski definition) is 4. The van der Waals surface area contributed by atoms with Gasteiger partial charge in [0.25, 0.3) is 0 Å². The van der Waals surface area contributed by atoms with Crippen molar-refractivity contribution in [2.24, 2.45) is 0 Å². The molecule has 3 N–H and O–H groups in total. The first-order valence-corrected chi connectivity index (χ1v) is 7.86. The summed E-state index contributed by atoms with van der Waals surface area (Å²) >= 11 is 6.09. The first kappa shape index (κ1) is 16.6. The van der Waals surface area contributed by atoms with Crippen molar-refractivity contribution in [1.29, 1.82) is 0 Å². The van der Waals surface area contributed by atoms with Gasteiger partial charge in [0.15, 0.2) is 5.75 Å². The predicted molar refractivity (Wildman–Crippen MR) is 90.6 cm³/mol. The number of hydrogen-bond donors (Lipinski definition) is 3. The number of amides is 2. The van der Waals surface area contributed by atoms with E-state index in [4.69, 9.17) is 16.3 Å². The molecule has 0 spiro atoms. The Morgan fingerprint density at radius 1 is 1.04 bits per heavy atom. The second-order valence-corrected chi connectivity index (χ2v) is 5.91. The van der Waals surface area contributed by atoms with Crippen molar-refractivity contribution in [1.82, 2.24) is 4.90 Å². The van der Waals surface area contributed by atoms with Crippen LogP contribution in [0.3, 0.4) is 0 Å². The molecule has 2 aromatic carbocycles. The van der Waals surface area contributed by atoms with Crippen LogP contribution in [0.2, 0.25) is 5.02 Å². The van der Waals surface area contributed by atoms with Gasteiger partial charge in [-0.15, -0.1) is 0 Å². The Morgan fingerprint density at radius 3 is 2.29 bits per heavy atom. The molecule has 0 aliphatic carbocycles. The van der Waals surface area contributed by atoms with Crippen LogP contribution in [0.1, 0.15) is 0 Å². The largest absolute Gasteiger partial charge is 0.454 e. The van der Waals surface area contributed by atoms with Crippen LogP contribution in [-0.4, -0.2) is 46.4 Å². The molecule has 2 atom stereocenters. The summed E-state index contributed by atoms with van der Waals surface area (Å²) in [7, 11) is 0. The van der Waals surface area contributed by atoms with Gasteiger partial charge < -0.3 is 25.2 Å². The Kier molecular flexibility index (Phi) is 4.89. The zero-order valence-corrected chi connectivity index (χ0v) is 13.5. The number of halogens is 1. The van der Waals surface area contributed by atoms with Crippen LogP contribution in [0, 0.1) is 0 Å². The van der Waals surface area contributed by atoms with Crippen LogP contribution in [0.5, 0.6) is 11.5 Å². The number of benzene rings is 2. The second-order valence-electron chi connectivity index (χ2n) is 5.50. The fourth-order valence-corrected chi connectivity index (χ4v) is 2.61. The smallest absolute Gasteiger partial charge is 0.322 e. The van der Waals surface area contributed by atoms with E-state index in [0.717, 1.165) is 0 Å². The Morgan fingerprint density at radius 2 is 1.62 bits per heavy atom. The maximum Gasteiger partial charge on any atom is 0.322 e. The maximum absolute atomic E-state index is 12.3. The van der Waals surface area contributed by atoms with E-state index in [2.05, 4.69) is 5.32 Å². The van der Waals surface area contributed by atoms with E-state index in [1.807, 2.05) is 0 Å². The molecule has 3 rings (SSSR count). The Bertz CT molecular complexity index is 730. The average Bonchev–Trinajstić information content (AvgIpc) is 2.91. The molecule has 0 saturated carbocycles. The lowest BCUT2D eigenvalue weighted by Crippen LogP contribution is -2.34. The van der Waals surface area contributed by atoms with Gasteiger partial charge in [-0.2, -0.15) is 0 Å². The number of carbonyl (C=O) groups excluding carboxylic acids is 1. The molecule has 0 unspecified atom stereocenters. The van der Waals surface area contributed by atoms with Gasteiger partial charge in [0, 0.05) is 0 Å². The number of carbonyl (C=O) groups is 1. The summed E-state index contributed by atoms with van der Waals surface area (Å²) < 4.78 is 5.78. The lowest BCUT2D eigenvalue weighted by atomic mass is 10.3. The summed E-state index contributed by atoms with van der Waals surface area (Å²) in [6.45, 7) is 0.168. The van der Waals surface area contributed by atoms with Crippen molar-refractivity contribution in [3.8, 4) is 11.5 Å². The molecular formula is C17H17ClN2O4. The lowest BCUT2D eigenvalue weighted by molar-refractivity contribution is 0.0572. The van der Waals surface area contributed by atoms with Crippen LogP contribution >= 0.6 is 11.6 Å². The molecule has 24 heavy (non-hydrogen) atoms. The summed E-state index contributed by atoms with van der Waals surface area (Å²) in [5.41, 5.74) is 0.471. The van der Waals surface area contributed by atoms with Crippen molar-refractivity contribution >= 4 is 23.3 Å². The number of rotatable bonds is 3. The number of urea groups is 1. The van der Waals surface area contributed by atoms with E-state index in [1.54, 1.807) is 48.5 Å². The number of ether oxygens (including phenoxy) is 1. The molecule has 7 heteroatoms. The monoisotopic (exact) mass is 348 g/mol. The number of β-amino-alcohol motifs (C(OH)–C–C–N with tert-alkyl or cyclic N) is 2. The minimum atomic E-state index is -0.926. The molecular weight excluding hydrogens is 332 g/mol. The predicted octanol–water partition coefficient (Wildman–Crippen LogP) is 2.70. The van der Waals surface area contributed by atoms with Gasteiger partial charge in [0.1, 0.15) is 5.75 Å². The average molecular weight is 349 g/mol. The summed E-state index contributed by atoms with van der Waals surface area (Å²) in [5, 5.41) is 22.3. The van der Waals surface area contributed by atoms with Crippen LogP contribution in [0.4, 0.5) is 10.5 Å². The van der Waals surface area contributed by atoms with Crippen molar-refractivity contribution in [2.75, 3.05) is 18.4 Å². The van der Waals surface area contributed by atoms with Crippen molar-refractivity contribution in [3.63, 3.8) is 0 Å². The summed E-state index contributed by atoms with van der Waals surface area (Å²) in [6, 6.07) is 13.6. The summed E-state index contributed by atoms with van der Waals surface area (Å²) in [5.74, 6) is 0.923. The van der Waals surface area contributed by atoms with E-state index in [1.165, 1.54) is 4.90 Å². The SMILES string of the molecule is O=C(Nc1ccccc1Oc1ccccc1Cl)N1C[C@@H](O)[C@@H](O)C1. The number of nitrogens with zero attached hydrogens (tertiary/aromatic N) is 1. The van der Waals surface area contributed by atoms with Gasteiger partial charge in [-0.05, 0) is 24.3 Å². The van der Waals surface area contributed by atoms with Gasteiger partial charge in [0.05, 0.1) is 36.0 Å². The third-order valence-electron chi connectivity index (χ3n) is 3.73. The third-order valence-corrected chi connectivity index (χ3v) is 4.04. The van der Waals surface area contributed by atoms with Gasteiger partial charge in [-0.3, -0.25) is 0 Å². The minimum Gasteiger partial charge on any atom is -0.454 e. The van der Waals surface area contributed by atoms with Crippen molar-refractivity contribution in [2.45, 2.75) is 12.2 Å². The maximum atomic E-state index is 12.3. The van der Waals surface area contributed by atoms with E-state index < -0.39 is 18.2 Å². The Labute approximate surface area is 144 Å². The molecule has 6 nitrogen and oxygen atoms in total. The van der Waals surface area contributed by atoms with Gasteiger partial charge in [-0.25, -0.2) is 4.79 Å². The van der Waals surface area contributed by atoms with E-state index >= 15 is 0 Å². The van der Waals surface area contributed by atoms with E-state index in [9.17, 15) is 15.0 Å². The van der Waals surface area contributed by atoms with Gasteiger partial charge >= 0.3 is 6.03 Å². The molecule has 1 saturated heterocycles. The highest BCUT2D eigenvalue weighted by molar-refractivity contribution is 6.32. The van der Waals surface area contributed by atoms with Crippen LogP contribution in [0.25, 0.3) is 0 Å². The standard InChI is InChI=1S/C17H17ClN2O4/c18-11-5-1-3-7-15(11)24-16-8-4-2-6-12(16)19-17(23)20-9-13(21)14(22)10-20/h1-8,13-14,21-22H,9-10H2,(H,19,23)/t13-,14+. The number of aliphatic hydroxyl groups is 2. The zero-order chi connectivity index (χ0) is 17.1. The molecule has 0 aromatic heterocycles. The first-order valence-electron chi connectivity index (χ1n) is 7.48. The topological polar surface area (TPSA) is 82.0 Å². The highest BCUT2D eigenvalue weighted by Gasteiger charge is 2.32. The molecule has 2 aromatic rings. The molecule has 1 aliphatic rings. The summed E-state index contributed by atoms with van der Waals surface area (Å²) in [6.07, 6.45) is -1.85.